The normalized spacial score (nSPS) is 15.2. The lowest BCUT2D eigenvalue weighted by molar-refractivity contribution is 0.329. The van der Waals surface area contributed by atoms with Gasteiger partial charge in [-0.1, -0.05) is 35.9 Å². The fraction of sp³-hybridized carbons (Fsp3) is 0.389. The SMILES string of the molecule is C/C=C(/CO)N=c1ccc(C(NC)/C(C)=C/C)ccc1C. The van der Waals surface area contributed by atoms with Gasteiger partial charge in [-0.25, -0.2) is 0 Å². The van der Waals surface area contributed by atoms with Gasteiger partial charge < -0.3 is 10.4 Å². The molecule has 0 aliphatic rings. The number of hydrogen-bond donors (Lipinski definition) is 2. The number of likely N-dealkylation sites (N-methyl/N-ethyl adjacent to an activating group) is 1. The van der Waals surface area contributed by atoms with Crippen molar-refractivity contribution in [1.29, 1.82) is 0 Å². The van der Waals surface area contributed by atoms with Gasteiger partial charge in [0.05, 0.1) is 23.7 Å². The minimum atomic E-state index is -0.0434. The van der Waals surface area contributed by atoms with Gasteiger partial charge in [0, 0.05) is 0 Å². The van der Waals surface area contributed by atoms with Crippen LogP contribution in [-0.4, -0.2) is 18.8 Å². The summed E-state index contributed by atoms with van der Waals surface area (Å²) in [4.78, 5) is 4.50. The molecule has 1 atom stereocenters. The highest BCUT2D eigenvalue weighted by Gasteiger charge is 2.09. The molecule has 3 heteroatoms. The maximum Gasteiger partial charge on any atom is 0.0849 e. The number of aryl methyl sites for hydroxylation is 1. The molecule has 0 aliphatic heterocycles. The second-order valence-corrected chi connectivity index (χ2v) is 5.04. The summed E-state index contributed by atoms with van der Waals surface area (Å²) in [6, 6.07) is 8.50. The van der Waals surface area contributed by atoms with Crippen molar-refractivity contribution in [2.45, 2.75) is 33.7 Å². The highest BCUT2D eigenvalue weighted by molar-refractivity contribution is 5.28. The van der Waals surface area contributed by atoms with Crippen LogP contribution in [0.3, 0.4) is 0 Å². The number of nitrogens with one attached hydrogen (secondary N) is 1. The zero-order valence-electron chi connectivity index (χ0n) is 13.6. The quantitative estimate of drug-likeness (QED) is 0.817. The molecule has 0 aliphatic carbocycles. The summed E-state index contributed by atoms with van der Waals surface area (Å²) in [6.07, 6.45) is 3.95. The summed E-state index contributed by atoms with van der Waals surface area (Å²) in [5.41, 5.74) is 4.25. The molecule has 0 bridgehead atoms. The van der Waals surface area contributed by atoms with E-state index in [2.05, 4.69) is 41.5 Å². The van der Waals surface area contributed by atoms with E-state index in [9.17, 15) is 5.11 Å². The van der Waals surface area contributed by atoms with E-state index >= 15 is 0 Å². The average molecular weight is 286 g/mol. The van der Waals surface area contributed by atoms with Gasteiger partial charge in [-0.3, -0.25) is 4.99 Å². The van der Waals surface area contributed by atoms with Gasteiger partial charge in [-0.05, 0) is 51.9 Å². The Morgan fingerprint density at radius 3 is 2.43 bits per heavy atom. The molecule has 0 saturated heterocycles. The molecule has 114 valence electrons. The summed E-state index contributed by atoms with van der Waals surface area (Å²) in [7, 11) is 1.96. The monoisotopic (exact) mass is 286 g/mol. The Balaban J connectivity index is 3.36. The lowest BCUT2D eigenvalue weighted by Crippen LogP contribution is -2.17. The summed E-state index contributed by atoms with van der Waals surface area (Å²) < 4.78 is 0. The van der Waals surface area contributed by atoms with Crippen LogP contribution in [0.5, 0.6) is 0 Å². The fourth-order valence-corrected chi connectivity index (χ4v) is 2.16. The molecule has 0 saturated carbocycles. The Morgan fingerprint density at radius 2 is 1.90 bits per heavy atom. The average Bonchev–Trinajstić information content (AvgIpc) is 2.68. The Morgan fingerprint density at radius 1 is 1.24 bits per heavy atom. The number of aliphatic hydroxyl groups is 1. The molecule has 0 spiro atoms. The topological polar surface area (TPSA) is 44.6 Å². The van der Waals surface area contributed by atoms with Crippen LogP contribution >= 0.6 is 0 Å². The standard InChI is InChI=1S/C18H26N2O/c1-6-13(3)18(19-5)15-9-8-14(4)17(11-10-15)20-16(7-2)12-21/h6-11,18-19,21H,12H2,1-5H3/b13-6+,16-7-,20-17?. The van der Waals surface area contributed by atoms with Crippen LogP contribution in [-0.2, 0) is 0 Å². The maximum atomic E-state index is 9.25. The van der Waals surface area contributed by atoms with E-state index in [1.54, 1.807) is 0 Å². The first kappa shape index (κ1) is 17.3. The Labute approximate surface area is 127 Å². The molecule has 21 heavy (non-hydrogen) atoms. The van der Waals surface area contributed by atoms with Gasteiger partial charge >= 0.3 is 0 Å². The van der Waals surface area contributed by atoms with E-state index in [4.69, 9.17) is 0 Å². The van der Waals surface area contributed by atoms with E-state index in [0.717, 1.165) is 10.9 Å². The van der Waals surface area contributed by atoms with Crippen LogP contribution in [0.2, 0.25) is 0 Å². The maximum absolute atomic E-state index is 9.25. The van der Waals surface area contributed by atoms with Crippen molar-refractivity contribution in [3.63, 3.8) is 0 Å². The molecule has 1 aromatic carbocycles. The minimum absolute atomic E-state index is 0.0434. The van der Waals surface area contributed by atoms with Crippen molar-refractivity contribution >= 4 is 0 Å². The Kier molecular flexibility index (Phi) is 7.06. The summed E-state index contributed by atoms with van der Waals surface area (Å²) in [5.74, 6) is 0. The van der Waals surface area contributed by atoms with Crippen molar-refractivity contribution in [3.05, 3.63) is 64.2 Å². The molecule has 0 radical (unpaired) electrons. The predicted octanol–water partition coefficient (Wildman–Crippen LogP) is 3.02. The van der Waals surface area contributed by atoms with Crippen molar-refractivity contribution in [3.8, 4) is 0 Å². The molecule has 3 nitrogen and oxygen atoms in total. The van der Waals surface area contributed by atoms with E-state index < -0.39 is 0 Å². The van der Waals surface area contributed by atoms with Crippen LogP contribution in [0, 0.1) is 6.92 Å². The number of allylic oxidation sites excluding steroid dienone is 2. The van der Waals surface area contributed by atoms with E-state index in [1.165, 1.54) is 11.1 Å². The van der Waals surface area contributed by atoms with Crippen LogP contribution in [0.1, 0.15) is 37.9 Å². The first-order chi connectivity index (χ1) is 10.1. The van der Waals surface area contributed by atoms with Crippen molar-refractivity contribution in [2.75, 3.05) is 13.7 Å². The van der Waals surface area contributed by atoms with Gasteiger partial charge in [0.1, 0.15) is 0 Å². The lowest BCUT2D eigenvalue weighted by atomic mass is 10.0. The van der Waals surface area contributed by atoms with E-state index in [1.807, 2.05) is 40.0 Å². The number of nitrogens with zero attached hydrogens (tertiary/aromatic N) is 1. The molecule has 0 aromatic heterocycles. The van der Waals surface area contributed by atoms with Gasteiger partial charge in [0.15, 0.2) is 0 Å². The van der Waals surface area contributed by atoms with Crippen molar-refractivity contribution < 1.29 is 5.11 Å². The van der Waals surface area contributed by atoms with Gasteiger partial charge in [0.25, 0.3) is 0 Å². The van der Waals surface area contributed by atoms with Gasteiger partial charge in [-0.15, -0.1) is 0 Å². The summed E-state index contributed by atoms with van der Waals surface area (Å²) in [5, 5.41) is 13.5. The number of hydrogen-bond acceptors (Lipinski definition) is 3. The molecule has 1 aromatic rings. The smallest absolute Gasteiger partial charge is 0.0849 e. The highest BCUT2D eigenvalue weighted by atomic mass is 16.3. The molecule has 0 heterocycles. The molecular formula is C18H26N2O. The van der Waals surface area contributed by atoms with E-state index in [-0.39, 0.29) is 12.6 Å². The second kappa shape index (κ2) is 8.55. The summed E-state index contributed by atoms with van der Waals surface area (Å²) in [6.45, 7) is 8.04. The van der Waals surface area contributed by atoms with Crippen molar-refractivity contribution in [2.24, 2.45) is 4.99 Å². The van der Waals surface area contributed by atoms with Crippen LogP contribution < -0.4 is 10.7 Å². The number of aliphatic hydroxyl groups excluding tert-OH is 1. The molecule has 0 amide bonds. The molecule has 1 unspecified atom stereocenters. The second-order valence-electron chi connectivity index (χ2n) is 5.04. The van der Waals surface area contributed by atoms with Crippen LogP contribution in [0.4, 0.5) is 0 Å². The van der Waals surface area contributed by atoms with Gasteiger partial charge in [-0.2, -0.15) is 0 Å². The third-order valence-electron chi connectivity index (χ3n) is 3.66. The Bertz CT molecular complexity index is 600. The van der Waals surface area contributed by atoms with Crippen LogP contribution in [0.15, 0.2) is 52.7 Å². The number of rotatable bonds is 5. The molecule has 0 fully saturated rings. The first-order valence-electron chi connectivity index (χ1n) is 7.29. The van der Waals surface area contributed by atoms with Crippen LogP contribution in [0.25, 0.3) is 0 Å². The lowest BCUT2D eigenvalue weighted by Gasteiger charge is -2.16. The highest BCUT2D eigenvalue weighted by Crippen LogP contribution is 2.19. The third kappa shape index (κ3) is 4.66. The summed E-state index contributed by atoms with van der Waals surface area (Å²) >= 11 is 0. The predicted molar refractivity (Wildman–Crippen MR) is 88.8 cm³/mol. The third-order valence-corrected chi connectivity index (χ3v) is 3.66. The van der Waals surface area contributed by atoms with Crippen molar-refractivity contribution in [1.82, 2.24) is 5.32 Å². The zero-order chi connectivity index (χ0) is 15.8. The molecule has 1 rings (SSSR count). The van der Waals surface area contributed by atoms with Gasteiger partial charge in [0.2, 0.25) is 0 Å². The Hall–Kier alpha value is -1.71. The zero-order valence-corrected chi connectivity index (χ0v) is 13.6. The first-order valence-corrected chi connectivity index (χ1v) is 7.29. The molecular weight excluding hydrogens is 260 g/mol. The van der Waals surface area contributed by atoms with E-state index in [0.29, 0.717) is 5.70 Å². The minimum Gasteiger partial charge on any atom is -0.390 e. The fourth-order valence-electron chi connectivity index (χ4n) is 2.16. The largest absolute Gasteiger partial charge is 0.390 e. The molecule has 2 N–H and O–H groups in total.